The molecular weight excluding hydrogens is 400 g/mol. The molecule has 6 heteroatoms. The highest BCUT2D eigenvalue weighted by Gasteiger charge is 2.25. The molecule has 2 heterocycles. The number of rotatable bonds is 5. The fourth-order valence-corrected chi connectivity index (χ4v) is 4.13. The summed E-state index contributed by atoms with van der Waals surface area (Å²) in [4.78, 5) is 15.4. The number of hydrogen-bond acceptors (Lipinski definition) is 4. The van der Waals surface area contributed by atoms with Gasteiger partial charge in [-0.3, -0.25) is 9.69 Å². The Kier molecular flexibility index (Phi) is 6.14. The summed E-state index contributed by atoms with van der Waals surface area (Å²) in [6, 6.07) is 12.3. The van der Waals surface area contributed by atoms with Gasteiger partial charge in [-0.1, -0.05) is 41.4 Å². The van der Waals surface area contributed by atoms with E-state index < -0.39 is 0 Å². The Hall–Kier alpha value is -2.34. The largest absolute Gasteiger partial charge is 0.451 e. The zero-order valence-corrected chi connectivity index (χ0v) is 18.4. The smallest absolute Gasteiger partial charge is 0.287 e. The molecule has 1 aliphatic heterocycles. The lowest BCUT2D eigenvalue weighted by Gasteiger charge is -2.35. The molecule has 158 valence electrons. The highest BCUT2D eigenvalue weighted by Crippen LogP contribution is 2.30. The van der Waals surface area contributed by atoms with Crippen molar-refractivity contribution in [2.24, 2.45) is 0 Å². The molecule has 1 N–H and O–H groups in total. The number of ether oxygens (including phenoxy) is 1. The molecule has 0 bridgehead atoms. The monoisotopic (exact) mass is 426 g/mol. The van der Waals surface area contributed by atoms with E-state index in [9.17, 15) is 4.79 Å². The standard InChI is InChI=1S/C24H27ClN2O3/c1-15-4-6-18(7-5-15)21(27-8-10-29-11-9-27)14-26-24(28)23-17(3)19-13-20(25)16(2)12-22(19)30-23/h4-7,12-13,21H,8-11,14H2,1-3H3,(H,26,28)/t21-/m0/s1. The number of benzene rings is 2. The van der Waals surface area contributed by atoms with Gasteiger partial charge in [-0.2, -0.15) is 0 Å². The fourth-order valence-electron chi connectivity index (χ4n) is 3.96. The van der Waals surface area contributed by atoms with Gasteiger partial charge in [0.15, 0.2) is 5.76 Å². The quantitative estimate of drug-likeness (QED) is 0.635. The third kappa shape index (κ3) is 4.24. The summed E-state index contributed by atoms with van der Waals surface area (Å²) in [5.41, 5.74) is 4.82. The highest BCUT2D eigenvalue weighted by molar-refractivity contribution is 6.32. The number of halogens is 1. The van der Waals surface area contributed by atoms with Crippen LogP contribution in [0.1, 0.15) is 38.9 Å². The first kappa shape index (κ1) is 20.9. The van der Waals surface area contributed by atoms with E-state index >= 15 is 0 Å². The van der Waals surface area contributed by atoms with Crippen LogP contribution in [0.2, 0.25) is 5.02 Å². The number of carbonyl (C=O) groups excluding carboxylic acids is 1. The maximum atomic E-state index is 13.0. The summed E-state index contributed by atoms with van der Waals surface area (Å²) in [6.07, 6.45) is 0. The Morgan fingerprint density at radius 2 is 1.83 bits per heavy atom. The molecular formula is C24H27ClN2O3. The first-order chi connectivity index (χ1) is 14.4. The van der Waals surface area contributed by atoms with Gasteiger partial charge in [0.25, 0.3) is 5.91 Å². The first-order valence-electron chi connectivity index (χ1n) is 10.3. The maximum absolute atomic E-state index is 13.0. The first-order valence-corrected chi connectivity index (χ1v) is 10.7. The van der Waals surface area contributed by atoms with Crippen LogP contribution < -0.4 is 5.32 Å². The number of morpholine rings is 1. The summed E-state index contributed by atoms with van der Waals surface area (Å²) in [7, 11) is 0. The van der Waals surface area contributed by atoms with Crippen molar-refractivity contribution in [2.45, 2.75) is 26.8 Å². The average molecular weight is 427 g/mol. The molecule has 0 aliphatic carbocycles. The van der Waals surface area contributed by atoms with Crippen molar-refractivity contribution in [1.29, 1.82) is 0 Å². The van der Waals surface area contributed by atoms with Gasteiger partial charge < -0.3 is 14.5 Å². The minimum absolute atomic E-state index is 0.0832. The number of aryl methyl sites for hydroxylation is 3. The molecule has 0 radical (unpaired) electrons. The zero-order chi connectivity index (χ0) is 21.3. The lowest BCUT2D eigenvalue weighted by Crippen LogP contribution is -2.43. The van der Waals surface area contributed by atoms with Crippen molar-refractivity contribution >= 4 is 28.5 Å². The summed E-state index contributed by atoms with van der Waals surface area (Å²) in [5.74, 6) is 0.138. The van der Waals surface area contributed by atoms with Crippen LogP contribution in [0, 0.1) is 20.8 Å². The Morgan fingerprint density at radius 3 is 2.53 bits per heavy atom. The van der Waals surface area contributed by atoms with Gasteiger partial charge in [-0.15, -0.1) is 0 Å². The zero-order valence-electron chi connectivity index (χ0n) is 17.6. The van der Waals surface area contributed by atoms with Crippen molar-refractivity contribution in [1.82, 2.24) is 10.2 Å². The number of carbonyl (C=O) groups is 1. The van der Waals surface area contributed by atoms with Gasteiger partial charge in [-0.25, -0.2) is 0 Å². The molecule has 1 saturated heterocycles. The van der Waals surface area contributed by atoms with E-state index in [1.807, 2.05) is 26.0 Å². The van der Waals surface area contributed by atoms with Gasteiger partial charge in [0.1, 0.15) is 5.58 Å². The SMILES string of the molecule is Cc1ccc([C@H](CNC(=O)c2oc3cc(C)c(Cl)cc3c2C)N2CCOCC2)cc1. The summed E-state index contributed by atoms with van der Waals surface area (Å²) < 4.78 is 11.4. The molecule has 2 aromatic carbocycles. The van der Waals surface area contributed by atoms with Gasteiger partial charge in [0, 0.05) is 35.6 Å². The van der Waals surface area contributed by atoms with Gasteiger partial charge in [0.05, 0.1) is 19.3 Å². The second kappa shape index (κ2) is 8.80. The van der Waals surface area contributed by atoms with E-state index in [4.69, 9.17) is 20.8 Å². The summed E-state index contributed by atoms with van der Waals surface area (Å²) in [6.45, 7) is 9.50. The second-order valence-electron chi connectivity index (χ2n) is 7.94. The topological polar surface area (TPSA) is 54.7 Å². The molecule has 1 amide bonds. The van der Waals surface area contributed by atoms with Crippen LogP contribution >= 0.6 is 11.6 Å². The van der Waals surface area contributed by atoms with Crippen molar-refractivity contribution in [3.05, 3.63) is 69.4 Å². The van der Waals surface area contributed by atoms with Gasteiger partial charge >= 0.3 is 0 Å². The van der Waals surface area contributed by atoms with Crippen LogP contribution in [0.5, 0.6) is 0 Å². The number of nitrogens with one attached hydrogen (secondary N) is 1. The number of amides is 1. The second-order valence-corrected chi connectivity index (χ2v) is 8.35. The highest BCUT2D eigenvalue weighted by atomic mass is 35.5. The molecule has 30 heavy (non-hydrogen) atoms. The van der Waals surface area contributed by atoms with Crippen LogP contribution in [0.15, 0.2) is 40.8 Å². The van der Waals surface area contributed by atoms with E-state index in [0.717, 1.165) is 29.6 Å². The van der Waals surface area contributed by atoms with Crippen LogP contribution in [-0.2, 0) is 4.74 Å². The van der Waals surface area contributed by atoms with Crippen LogP contribution in [0.4, 0.5) is 0 Å². The van der Waals surface area contributed by atoms with E-state index in [1.54, 1.807) is 0 Å². The molecule has 4 rings (SSSR count). The minimum Gasteiger partial charge on any atom is -0.451 e. The van der Waals surface area contributed by atoms with Crippen molar-refractivity contribution in [2.75, 3.05) is 32.8 Å². The molecule has 1 fully saturated rings. The molecule has 0 saturated carbocycles. The number of fused-ring (bicyclic) bond motifs is 1. The maximum Gasteiger partial charge on any atom is 0.287 e. The molecule has 1 aliphatic rings. The lowest BCUT2D eigenvalue weighted by atomic mass is 10.0. The number of nitrogens with zero attached hydrogens (tertiary/aromatic N) is 1. The van der Waals surface area contributed by atoms with Crippen molar-refractivity contribution in [3.63, 3.8) is 0 Å². The number of furan rings is 1. The third-order valence-electron chi connectivity index (χ3n) is 5.83. The molecule has 3 aromatic rings. The predicted molar refractivity (Wildman–Crippen MR) is 119 cm³/mol. The third-order valence-corrected chi connectivity index (χ3v) is 6.24. The summed E-state index contributed by atoms with van der Waals surface area (Å²) >= 11 is 6.26. The Labute approximate surface area is 181 Å². The van der Waals surface area contributed by atoms with E-state index in [2.05, 4.69) is 41.4 Å². The fraction of sp³-hybridized carbons (Fsp3) is 0.375. The summed E-state index contributed by atoms with van der Waals surface area (Å²) in [5, 5.41) is 4.64. The molecule has 1 aromatic heterocycles. The molecule has 0 unspecified atom stereocenters. The van der Waals surface area contributed by atoms with Crippen LogP contribution in [0.3, 0.4) is 0 Å². The Bertz CT molecular complexity index is 1050. The van der Waals surface area contributed by atoms with E-state index in [-0.39, 0.29) is 11.9 Å². The van der Waals surface area contributed by atoms with Crippen LogP contribution in [0.25, 0.3) is 11.0 Å². The van der Waals surface area contributed by atoms with Gasteiger partial charge in [0.2, 0.25) is 0 Å². The van der Waals surface area contributed by atoms with E-state index in [0.29, 0.717) is 36.1 Å². The minimum atomic E-state index is -0.206. The van der Waals surface area contributed by atoms with E-state index in [1.165, 1.54) is 11.1 Å². The van der Waals surface area contributed by atoms with Gasteiger partial charge in [-0.05, 0) is 44.0 Å². The average Bonchev–Trinajstić information content (AvgIpc) is 3.06. The molecule has 1 atom stereocenters. The van der Waals surface area contributed by atoms with Crippen LogP contribution in [-0.4, -0.2) is 43.7 Å². The Balaban J connectivity index is 1.55. The predicted octanol–water partition coefficient (Wildman–Crippen LogP) is 4.81. The van der Waals surface area contributed by atoms with Crippen molar-refractivity contribution < 1.29 is 13.9 Å². The number of hydrogen-bond donors (Lipinski definition) is 1. The molecule has 5 nitrogen and oxygen atoms in total. The van der Waals surface area contributed by atoms with Crippen molar-refractivity contribution in [3.8, 4) is 0 Å². The lowest BCUT2D eigenvalue weighted by molar-refractivity contribution is 0.0161. The normalized spacial score (nSPS) is 16.0. The Morgan fingerprint density at radius 1 is 1.13 bits per heavy atom. The molecule has 0 spiro atoms.